The van der Waals surface area contributed by atoms with E-state index in [0.29, 0.717) is 11.1 Å². The van der Waals surface area contributed by atoms with E-state index in [1.807, 2.05) is 6.92 Å². The first kappa shape index (κ1) is 11.8. The van der Waals surface area contributed by atoms with Gasteiger partial charge >= 0.3 is 0 Å². The summed E-state index contributed by atoms with van der Waals surface area (Å²) in [4.78, 5) is 8.07. The Bertz CT molecular complexity index is 501. The lowest BCUT2D eigenvalue weighted by Gasteiger charge is -2.13. The summed E-state index contributed by atoms with van der Waals surface area (Å²) >= 11 is 5.75. The minimum atomic E-state index is -0.250. The molecule has 3 nitrogen and oxygen atoms in total. The standard InChI is InChI=1S/C12H11ClFN3/c1-8(9-2-4-10(14)5-3-9)16-12-15-7-6-11(13)17-12/h2-8H,1H3,(H,15,16,17). The van der Waals surface area contributed by atoms with Crippen molar-refractivity contribution in [1.29, 1.82) is 0 Å². The molecular weight excluding hydrogens is 241 g/mol. The van der Waals surface area contributed by atoms with Gasteiger partial charge in [0.25, 0.3) is 0 Å². The maximum absolute atomic E-state index is 12.8. The second-order valence-electron chi connectivity index (χ2n) is 3.62. The largest absolute Gasteiger partial charge is 0.348 e. The van der Waals surface area contributed by atoms with Crippen molar-refractivity contribution in [2.24, 2.45) is 0 Å². The van der Waals surface area contributed by atoms with Gasteiger partial charge in [-0.25, -0.2) is 14.4 Å². The molecule has 0 aliphatic heterocycles. The van der Waals surface area contributed by atoms with Gasteiger partial charge in [0, 0.05) is 6.20 Å². The molecule has 88 valence electrons. The van der Waals surface area contributed by atoms with Gasteiger partial charge < -0.3 is 5.32 Å². The number of aromatic nitrogens is 2. The van der Waals surface area contributed by atoms with E-state index >= 15 is 0 Å². The molecule has 0 spiro atoms. The number of halogens is 2. The first-order valence-electron chi connectivity index (χ1n) is 5.16. The molecule has 0 aliphatic rings. The molecule has 0 aliphatic carbocycles. The maximum atomic E-state index is 12.8. The Morgan fingerprint density at radius 1 is 1.24 bits per heavy atom. The average molecular weight is 252 g/mol. The fourth-order valence-electron chi connectivity index (χ4n) is 1.43. The van der Waals surface area contributed by atoms with Crippen molar-refractivity contribution in [2.75, 3.05) is 5.32 Å². The third-order valence-corrected chi connectivity index (χ3v) is 2.55. The Kier molecular flexibility index (Phi) is 3.54. The monoisotopic (exact) mass is 251 g/mol. The highest BCUT2D eigenvalue weighted by Crippen LogP contribution is 2.17. The molecule has 0 fully saturated rings. The van der Waals surface area contributed by atoms with E-state index in [9.17, 15) is 4.39 Å². The Balaban J connectivity index is 2.11. The summed E-state index contributed by atoms with van der Waals surface area (Å²) in [6, 6.07) is 7.87. The average Bonchev–Trinajstić information content (AvgIpc) is 2.29. The van der Waals surface area contributed by atoms with Crippen LogP contribution in [0.5, 0.6) is 0 Å². The number of anilines is 1. The molecule has 2 rings (SSSR count). The molecule has 0 radical (unpaired) electrons. The summed E-state index contributed by atoms with van der Waals surface area (Å²) in [5.41, 5.74) is 0.954. The normalized spacial score (nSPS) is 12.2. The van der Waals surface area contributed by atoms with Crippen LogP contribution in [0.25, 0.3) is 0 Å². The van der Waals surface area contributed by atoms with Gasteiger partial charge in [-0.2, -0.15) is 0 Å². The second-order valence-corrected chi connectivity index (χ2v) is 4.01. The molecule has 1 aromatic carbocycles. The van der Waals surface area contributed by atoms with Gasteiger partial charge in [0.1, 0.15) is 11.0 Å². The van der Waals surface area contributed by atoms with Crippen LogP contribution in [0, 0.1) is 5.82 Å². The van der Waals surface area contributed by atoms with Gasteiger partial charge in [-0.3, -0.25) is 0 Å². The molecule has 17 heavy (non-hydrogen) atoms. The van der Waals surface area contributed by atoms with Crippen LogP contribution in [0.2, 0.25) is 5.15 Å². The van der Waals surface area contributed by atoms with Crippen molar-refractivity contribution < 1.29 is 4.39 Å². The van der Waals surface area contributed by atoms with Crippen LogP contribution in [0.3, 0.4) is 0 Å². The van der Waals surface area contributed by atoms with Crippen LogP contribution >= 0.6 is 11.6 Å². The van der Waals surface area contributed by atoms with E-state index in [1.54, 1.807) is 24.4 Å². The van der Waals surface area contributed by atoms with Gasteiger partial charge in [0.15, 0.2) is 0 Å². The van der Waals surface area contributed by atoms with Crippen LogP contribution in [-0.2, 0) is 0 Å². The van der Waals surface area contributed by atoms with Crippen LogP contribution in [0.15, 0.2) is 36.5 Å². The molecule has 5 heteroatoms. The zero-order valence-corrected chi connectivity index (χ0v) is 9.95. The van der Waals surface area contributed by atoms with E-state index in [0.717, 1.165) is 5.56 Å². The Labute approximate surface area is 104 Å². The molecule has 1 heterocycles. The number of rotatable bonds is 3. The lowest BCUT2D eigenvalue weighted by molar-refractivity contribution is 0.626. The smallest absolute Gasteiger partial charge is 0.224 e. The lowest BCUT2D eigenvalue weighted by Crippen LogP contribution is -2.09. The maximum Gasteiger partial charge on any atom is 0.224 e. The Morgan fingerprint density at radius 3 is 2.59 bits per heavy atom. The number of nitrogens with zero attached hydrogens (tertiary/aromatic N) is 2. The molecule has 1 unspecified atom stereocenters. The van der Waals surface area contributed by atoms with Crippen molar-refractivity contribution in [3.8, 4) is 0 Å². The van der Waals surface area contributed by atoms with Crippen molar-refractivity contribution in [3.05, 3.63) is 53.1 Å². The minimum Gasteiger partial charge on any atom is -0.348 e. The number of hydrogen-bond acceptors (Lipinski definition) is 3. The van der Waals surface area contributed by atoms with Gasteiger partial charge in [-0.05, 0) is 30.7 Å². The van der Waals surface area contributed by atoms with E-state index in [4.69, 9.17) is 11.6 Å². The predicted molar refractivity (Wildman–Crippen MR) is 65.5 cm³/mol. The van der Waals surface area contributed by atoms with Crippen molar-refractivity contribution in [3.63, 3.8) is 0 Å². The summed E-state index contributed by atoms with van der Waals surface area (Å²) in [6.45, 7) is 1.94. The molecular formula is C12H11ClFN3. The topological polar surface area (TPSA) is 37.8 Å². The fourth-order valence-corrected chi connectivity index (χ4v) is 1.57. The summed E-state index contributed by atoms with van der Waals surface area (Å²) < 4.78 is 12.8. The third-order valence-electron chi connectivity index (χ3n) is 2.34. The Hall–Kier alpha value is -1.68. The van der Waals surface area contributed by atoms with Gasteiger partial charge in [0.2, 0.25) is 5.95 Å². The van der Waals surface area contributed by atoms with E-state index < -0.39 is 0 Å². The quantitative estimate of drug-likeness (QED) is 0.849. The molecule has 0 saturated carbocycles. The third kappa shape index (κ3) is 3.14. The minimum absolute atomic E-state index is 0.0194. The van der Waals surface area contributed by atoms with Crippen LogP contribution in [0.1, 0.15) is 18.5 Å². The van der Waals surface area contributed by atoms with Crippen LogP contribution in [0.4, 0.5) is 10.3 Å². The summed E-state index contributed by atoms with van der Waals surface area (Å²) in [5.74, 6) is 0.203. The lowest BCUT2D eigenvalue weighted by atomic mass is 10.1. The van der Waals surface area contributed by atoms with Crippen molar-refractivity contribution in [2.45, 2.75) is 13.0 Å². The molecule has 1 atom stereocenters. The summed E-state index contributed by atoms with van der Waals surface area (Å²) in [7, 11) is 0. The van der Waals surface area contributed by atoms with Crippen LogP contribution in [-0.4, -0.2) is 9.97 Å². The zero-order valence-electron chi connectivity index (χ0n) is 9.19. The second kappa shape index (κ2) is 5.10. The highest BCUT2D eigenvalue weighted by Gasteiger charge is 2.07. The SMILES string of the molecule is CC(Nc1nccc(Cl)n1)c1ccc(F)cc1. The molecule has 1 aromatic heterocycles. The first-order chi connectivity index (χ1) is 8.15. The van der Waals surface area contributed by atoms with Crippen molar-refractivity contribution in [1.82, 2.24) is 9.97 Å². The molecule has 2 aromatic rings. The van der Waals surface area contributed by atoms with Gasteiger partial charge in [-0.15, -0.1) is 0 Å². The summed E-state index contributed by atoms with van der Waals surface area (Å²) in [6.07, 6.45) is 1.58. The van der Waals surface area contributed by atoms with E-state index in [1.165, 1.54) is 12.1 Å². The molecule has 0 bridgehead atoms. The summed E-state index contributed by atoms with van der Waals surface area (Å²) in [5, 5.41) is 3.47. The van der Waals surface area contributed by atoms with Crippen LogP contribution < -0.4 is 5.32 Å². The fraction of sp³-hybridized carbons (Fsp3) is 0.167. The van der Waals surface area contributed by atoms with Gasteiger partial charge in [-0.1, -0.05) is 23.7 Å². The first-order valence-corrected chi connectivity index (χ1v) is 5.53. The molecule has 0 amide bonds. The zero-order chi connectivity index (χ0) is 12.3. The highest BCUT2D eigenvalue weighted by atomic mass is 35.5. The number of nitrogens with one attached hydrogen (secondary N) is 1. The number of hydrogen-bond donors (Lipinski definition) is 1. The molecule has 0 saturated heterocycles. The van der Waals surface area contributed by atoms with E-state index in [2.05, 4.69) is 15.3 Å². The predicted octanol–water partition coefficient (Wildman–Crippen LogP) is 3.44. The highest BCUT2D eigenvalue weighted by molar-refractivity contribution is 6.29. The van der Waals surface area contributed by atoms with Gasteiger partial charge in [0.05, 0.1) is 6.04 Å². The molecule has 1 N–H and O–H groups in total. The van der Waals surface area contributed by atoms with Crippen molar-refractivity contribution >= 4 is 17.5 Å². The Morgan fingerprint density at radius 2 is 1.94 bits per heavy atom. The van der Waals surface area contributed by atoms with E-state index in [-0.39, 0.29) is 11.9 Å². The number of benzene rings is 1.